The highest BCUT2D eigenvalue weighted by Crippen LogP contribution is 2.37. The SMILES string of the molecule is CCOc1ccc(S(=O)(=O)Nc2ccc(Cl)cc2C(F)(F)F)cc1C. The third-order valence-electron chi connectivity index (χ3n) is 3.29. The zero-order valence-electron chi connectivity index (χ0n) is 13.3. The Hall–Kier alpha value is -1.93. The fourth-order valence-electron chi connectivity index (χ4n) is 2.15. The van der Waals surface area contributed by atoms with Crippen LogP contribution in [0.25, 0.3) is 0 Å². The summed E-state index contributed by atoms with van der Waals surface area (Å²) >= 11 is 5.59. The quantitative estimate of drug-likeness (QED) is 0.788. The van der Waals surface area contributed by atoms with Crippen LogP contribution in [0.5, 0.6) is 5.75 Å². The van der Waals surface area contributed by atoms with Gasteiger partial charge in [0.2, 0.25) is 0 Å². The molecule has 0 saturated heterocycles. The zero-order valence-corrected chi connectivity index (χ0v) is 14.9. The van der Waals surface area contributed by atoms with Crippen molar-refractivity contribution in [1.29, 1.82) is 0 Å². The molecule has 0 atom stereocenters. The van der Waals surface area contributed by atoms with Crippen molar-refractivity contribution >= 4 is 27.3 Å². The fraction of sp³-hybridized carbons (Fsp3) is 0.250. The van der Waals surface area contributed by atoms with E-state index in [2.05, 4.69) is 0 Å². The predicted octanol–water partition coefficient (Wildman–Crippen LogP) is 4.87. The van der Waals surface area contributed by atoms with Crippen LogP contribution in [0, 0.1) is 6.92 Å². The molecule has 4 nitrogen and oxygen atoms in total. The fourth-order valence-corrected chi connectivity index (χ4v) is 3.49. The second-order valence-corrected chi connectivity index (χ2v) is 7.27. The van der Waals surface area contributed by atoms with E-state index in [0.29, 0.717) is 24.0 Å². The smallest absolute Gasteiger partial charge is 0.418 e. The summed E-state index contributed by atoms with van der Waals surface area (Å²) in [5, 5.41) is -0.146. The minimum Gasteiger partial charge on any atom is -0.494 e. The maximum absolute atomic E-state index is 13.1. The van der Waals surface area contributed by atoms with Crippen LogP contribution < -0.4 is 9.46 Å². The van der Waals surface area contributed by atoms with Gasteiger partial charge in [-0.25, -0.2) is 8.42 Å². The highest BCUT2D eigenvalue weighted by atomic mass is 35.5. The molecule has 0 unspecified atom stereocenters. The Morgan fingerprint density at radius 1 is 1.16 bits per heavy atom. The van der Waals surface area contributed by atoms with Crippen LogP contribution >= 0.6 is 11.6 Å². The monoisotopic (exact) mass is 393 g/mol. The summed E-state index contributed by atoms with van der Waals surface area (Å²) in [6, 6.07) is 6.88. The molecular weight excluding hydrogens is 379 g/mol. The van der Waals surface area contributed by atoms with E-state index in [0.717, 1.165) is 6.07 Å². The number of benzene rings is 2. The lowest BCUT2D eigenvalue weighted by molar-refractivity contribution is -0.136. The molecule has 0 saturated carbocycles. The van der Waals surface area contributed by atoms with E-state index in [-0.39, 0.29) is 9.92 Å². The number of ether oxygens (including phenoxy) is 1. The normalized spacial score (nSPS) is 12.1. The second kappa shape index (κ2) is 7.13. The molecule has 136 valence electrons. The van der Waals surface area contributed by atoms with E-state index in [1.807, 2.05) is 4.72 Å². The van der Waals surface area contributed by atoms with Gasteiger partial charge in [-0.15, -0.1) is 0 Å². The summed E-state index contributed by atoms with van der Waals surface area (Å²) in [5.74, 6) is 0.504. The molecule has 2 rings (SSSR count). The van der Waals surface area contributed by atoms with E-state index in [1.165, 1.54) is 24.3 Å². The second-order valence-electron chi connectivity index (χ2n) is 5.15. The van der Waals surface area contributed by atoms with Crippen LogP contribution in [-0.2, 0) is 16.2 Å². The van der Waals surface area contributed by atoms with Gasteiger partial charge in [-0.05, 0) is 55.8 Å². The Balaban J connectivity index is 2.42. The minimum atomic E-state index is -4.75. The van der Waals surface area contributed by atoms with E-state index >= 15 is 0 Å². The van der Waals surface area contributed by atoms with Crippen LogP contribution in [0.3, 0.4) is 0 Å². The molecule has 0 fully saturated rings. The van der Waals surface area contributed by atoms with Gasteiger partial charge in [-0.3, -0.25) is 4.72 Å². The topological polar surface area (TPSA) is 55.4 Å². The number of anilines is 1. The van der Waals surface area contributed by atoms with Crippen molar-refractivity contribution in [2.45, 2.75) is 24.9 Å². The number of sulfonamides is 1. The Bertz CT molecular complexity index is 883. The lowest BCUT2D eigenvalue weighted by atomic mass is 10.2. The van der Waals surface area contributed by atoms with Crippen molar-refractivity contribution in [2.24, 2.45) is 0 Å². The van der Waals surface area contributed by atoms with E-state index in [9.17, 15) is 21.6 Å². The molecule has 2 aromatic carbocycles. The van der Waals surface area contributed by atoms with Gasteiger partial charge in [0, 0.05) is 5.02 Å². The van der Waals surface area contributed by atoms with Gasteiger partial charge >= 0.3 is 6.18 Å². The molecule has 0 heterocycles. The van der Waals surface area contributed by atoms with Crippen molar-refractivity contribution in [3.05, 3.63) is 52.5 Å². The average molecular weight is 394 g/mol. The standard InChI is InChI=1S/C16H15ClF3NO3S/c1-3-24-15-7-5-12(8-10(15)2)25(22,23)21-14-6-4-11(17)9-13(14)16(18,19)20/h4-9,21H,3H2,1-2H3. The summed E-state index contributed by atoms with van der Waals surface area (Å²) in [7, 11) is -4.21. The number of halogens is 4. The molecule has 1 N–H and O–H groups in total. The van der Waals surface area contributed by atoms with Crippen molar-refractivity contribution < 1.29 is 26.3 Å². The third kappa shape index (κ3) is 4.58. The number of aryl methyl sites for hydroxylation is 1. The number of hydrogen-bond acceptors (Lipinski definition) is 3. The summed E-state index contributed by atoms with van der Waals surface area (Å²) in [6.07, 6.45) is -4.75. The Morgan fingerprint density at radius 3 is 2.40 bits per heavy atom. The highest BCUT2D eigenvalue weighted by Gasteiger charge is 2.35. The van der Waals surface area contributed by atoms with Gasteiger partial charge in [0.25, 0.3) is 10.0 Å². The number of hydrogen-bond donors (Lipinski definition) is 1. The first kappa shape index (κ1) is 19.4. The average Bonchev–Trinajstić information content (AvgIpc) is 2.50. The Kier molecular flexibility index (Phi) is 5.53. The summed E-state index contributed by atoms with van der Waals surface area (Å²) in [4.78, 5) is -0.170. The summed E-state index contributed by atoms with van der Waals surface area (Å²) in [6.45, 7) is 3.84. The molecule has 0 aromatic heterocycles. The molecule has 0 spiro atoms. The van der Waals surface area contributed by atoms with Crippen LogP contribution in [0.15, 0.2) is 41.3 Å². The molecule has 0 aliphatic carbocycles. The first-order valence-corrected chi connectivity index (χ1v) is 9.03. The zero-order chi connectivity index (χ0) is 18.8. The minimum absolute atomic E-state index is 0.146. The maximum Gasteiger partial charge on any atom is 0.418 e. The molecule has 0 aliphatic rings. The van der Waals surface area contributed by atoms with Crippen LogP contribution in [0.1, 0.15) is 18.1 Å². The maximum atomic E-state index is 13.1. The molecule has 0 aliphatic heterocycles. The highest BCUT2D eigenvalue weighted by molar-refractivity contribution is 7.92. The van der Waals surface area contributed by atoms with Crippen molar-refractivity contribution in [3.63, 3.8) is 0 Å². The van der Waals surface area contributed by atoms with E-state index in [1.54, 1.807) is 13.8 Å². The predicted molar refractivity (Wildman–Crippen MR) is 89.6 cm³/mol. The van der Waals surface area contributed by atoms with Crippen molar-refractivity contribution in [2.75, 3.05) is 11.3 Å². The van der Waals surface area contributed by atoms with Crippen LogP contribution in [0.2, 0.25) is 5.02 Å². The molecule has 2 aromatic rings. The van der Waals surface area contributed by atoms with Crippen LogP contribution in [-0.4, -0.2) is 15.0 Å². The van der Waals surface area contributed by atoms with Gasteiger partial charge in [0.15, 0.2) is 0 Å². The largest absolute Gasteiger partial charge is 0.494 e. The Morgan fingerprint density at radius 2 is 1.84 bits per heavy atom. The van der Waals surface area contributed by atoms with Gasteiger partial charge < -0.3 is 4.74 Å². The first-order chi connectivity index (χ1) is 11.5. The first-order valence-electron chi connectivity index (χ1n) is 7.17. The lowest BCUT2D eigenvalue weighted by Gasteiger charge is -2.16. The van der Waals surface area contributed by atoms with E-state index < -0.39 is 27.5 Å². The molecule has 9 heteroatoms. The third-order valence-corrected chi connectivity index (χ3v) is 4.89. The molecule has 25 heavy (non-hydrogen) atoms. The van der Waals surface area contributed by atoms with Crippen molar-refractivity contribution in [1.82, 2.24) is 0 Å². The Labute approximate surface area is 148 Å². The molecule has 0 bridgehead atoms. The molecule has 0 radical (unpaired) electrons. The number of alkyl halides is 3. The number of nitrogens with one attached hydrogen (secondary N) is 1. The van der Waals surface area contributed by atoms with E-state index in [4.69, 9.17) is 16.3 Å². The molecular formula is C16H15ClF3NO3S. The van der Waals surface area contributed by atoms with Gasteiger partial charge in [-0.2, -0.15) is 13.2 Å². The lowest BCUT2D eigenvalue weighted by Crippen LogP contribution is -2.17. The van der Waals surface area contributed by atoms with Crippen LogP contribution in [0.4, 0.5) is 18.9 Å². The van der Waals surface area contributed by atoms with Gasteiger partial charge in [-0.1, -0.05) is 11.6 Å². The molecule has 0 amide bonds. The van der Waals surface area contributed by atoms with Crippen molar-refractivity contribution in [3.8, 4) is 5.75 Å². The summed E-state index contributed by atoms with van der Waals surface area (Å²) in [5.41, 5.74) is -1.20. The van der Waals surface area contributed by atoms with Gasteiger partial charge in [0.1, 0.15) is 5.75 Å². The number of rotatable bonds is 5. The van der Waals surface area contributed by atoms with Gasteiger partial charge in [0.05, 0.1) is 22.8 Å². The summed E-state index contributed by atoms with van der Waals surface area (Å²) < 4.78 is 71.5.